The molecule has 0 bridgehead atoms. The van der Waals surface area contributed by atoms with E-state index in [9.17, 15) is 21.6 Å². The van der Waals surface area contributed by atoms with Crippen LogP contribution < -0.4 is 4.74 Å². The molecule has 2 aromatic rings. The van der Waals surface area contributed by atoms with Crippen LogP contribution in [0.3, 0.4) is 0 Å². The first-order chi connectivity index (χ1) is 11.6. The molecule has 0 fully saturated rings. The van der Waals surface area contributed by atoms with Crippen molar-refractivity contribution in [3.05, 3.63) is 59.7 Å². The summed E-state index contributed by atoms with van der Waals surface area (Å²) in [7, 11) is -2.75. The summed E-state index contributed by atoms with van der Waals surface area (Å²) in [6.07, 6.45) is -4.88. The molecule has 0 aliphatic carbocycles. The van der Waals surface area contributed by atoms with Gasteiger partial charge in [0, 0.05) is 19.2 Å². The van der Waals surface area contributed by atoms with Crippen LogP contribution in [-0.2, 0) is 16.6 Å². The Kier molecular flexibility index (Phi) is 5.35. The molecule has 0 saturated heterocycles. The Labute approximate surface area is 142 Å². The van der Waals surface area contributed by atoms with Gasteiger partial charge in [-0.3, -0.25) is 0 Å². The van der Waals surface area contributed by atoms with Gasteiger partial charge in [0.1, 0.15) is 5.75 Å². The highest BCUT2D eigenvalue weighted by Gasteiger charge is 2.32. The van der Waals surface area contributed by atoms with Crippen LogP contribution in [0.2, 0.25) is 0 Å². The Hall–Kier alpha value is -2.57. The van der Waals surface area contributed by atoms with Crippen molar-refractivity contribution in [2.45, 2.75) is 17.8 Å². The molecule has 0 N–H and O–H groups in total. The van der Waals surface area contributed by atoms with Crippen LogP contribution >= 0.6 is 0 Å². The number of nitrogens with zero attached hydrogens (tertiary/aromatic N) is 2. The van der Waals surface area contributed by atoms with Crippen molar-refractivity contribution in [3.63, 3.8) is 0 Å². The van der Waals surface area contributed by atoms with Gasteiger partial charge < -0.3 is 4.74 Å². The number of rotatable bonds is 5. The molecule has 0 atom stereocenters. The van der Waals surface area contributed by atoms with E-state index in [2.05, 4.69) is 4.74 Å². The first-order valence-corrected chi connectivity index (χ1v) is 8.37. The van der Waals surface area contributed by atoms with Gasteiger partial charge in [0.15, 0.2) is 0 Å². The molecular weight excluding hydrogens is 357 g/mol. The maximum Gasteiger partial charge on any atom is 0.573 e. The third kappa shape index (κ3) is 4.71. The molecular formula is C16H13F3N2O3S. The van der Waals surface area contributed by atoms with E-state index >= 15 is 0 Å². The molecule has 25 heavy (non-hydrogen) atoms. The van der Waals surface area contributed by atoms with E-state index in [0.717, 1.165) is 10.4 Å². The highest BCUT2D eigenvalue weighted by molar-refractivity contribution is 7.89. The van der Waals surface area contributed by atoms with E-state index in [0.29, 0.717) is 0 Å². The topological polar surface area (TPSA) is 70.4 Å². The molecule has 5 nitrogen and oxygen atoms in total. The summed E-state index contributed by atoms with van der Waals surface area (Å²) >= 11 is 0. The van der Waals surface area contributed by atoms with Gasteiger partial charge in [-0.2, -0.15) is 9.57 Å². The Balaban J connectivity index is 2.30. The predicted octanol–water partition coefficient (Wildman–Crippen LogP) is 3.28. The summed E-state index contributed by atoms with van der Waals surface area (Å²) in [5.74, 6) is -0.470. The number of hydrogen-bond donors (Lipinski definition) is 0. The molecule has 0 unspecified atom stereocenters. The van der Waals surface area contributed by atoms with Crippen LogP contribution in [0, 0.1) is 11.3 Å². The molecule has 132 valence electrons. The molecule has 0 aliphatic rings. The number of halogens is 3. The first kappa shape index (κ1) is 18.8. The molecule has 0 radical (unpaired) electrons. The van der Waals surface area contributed by atoms with Crippen LogP contribution in [-0.4, -0.2) is 26.1 Å². The summed E-state index contributed by atoms with van der Waals surface area (Å²) in [4.78, 5) is -0.122. The van der Waals surface area contributed by atoms with E-state index in [1.807, 2.05) is 6.07 Å². The average Bonchev–Trinajstić information content (AvgIpc) is 2.55. The van der Waals surface area contributed by atoms with Crippen molar-refractivity contribution < 1.29 is 26.3 Å². The second-order valence-electron chi connectivity index (χ2n) is 5.06. The second-order valence-corrected chi connectivity index (χ2v) is 7.10. The zero-order valence-electron chi connectivity index (χ0n) is 13.0. The Bertz CT molecular complexity index is 905. The Morgan fingerprint density at radius 3 is 2.48 bits per heavy atom. The van der Waals surface area contributed by atoms with E-state index < -0.39 is 22.1 Å². The number of benzene rings is 2. The normalized spacial score (nSPS) is 12.0. The lowest BCUT2D eigenvalue weighted by Gasteiger charge is -2.19. The van der Waals surface area contributed by atoms with Crippen LogP contribution in [0.25, 0.3) is 0 Å². The predicted molar refractivity (Wildman–Crippen MR) is 82.9 cm³/mol. The number of hydrogen-bond acceptors (Lipinski definition) is 4. The number of para-hydroxylation sites is 1. The fraction of sp³-hybridized carbons (Fsp3) is 0.188. The highest BCUT2D eigenvalue weighted by Crippen LogP contribution is 2.28. The summed E-state index contributed by atoms with van der Waals surface area (Å²) in [6, 6.07) is 12.5. The molecule has 2 rings (SSSR count). The lowest BCUT2D eigenvalue weighted by Crippen LogP contribution is -2.27. The number of alkyl halides is 3. The third-order valence-corrected chi connectivity index (χ3v) is 5.06. The van der Waals surface area contributed by atoms with Crippen molar-refractivity contribution in [1.82, 2.24) is 4.31 Å². The first-order valence-electron chi connectivity index (χ1n) is 6.93. The minimum absolute atomic E-state index is 0.0577. The van der Waals surface area contributed by atoms with Crippen LogP contribution in [0.4, 0.5) is 13.2 Å². The SMILES string of the molecule is CN(Cc1ccccc1OC(F)(F)F)S(=O)(=O)c1cccc(C#N)c1. The van der Waals surface area contributed by atoms with Crippen LogP contribution in [0.15, 0.2) is 53.4 Å². The number of ether oxygens (including phenoxy) is 1. The second kappa shape index (κ2) is 7.13. The molecule has 0 aromatic heterocycles. The molecule has 0 aliphatic heterocycles. The fourth-order valence-electron chi connectivity index (χ4n) is 2.09. The van der Waals surface area contributed by atoms with Gasteiger partial charge in [0.05, 0.1) is 16.5 Å². The van der Waals surface area contributed by atoms with Gasteiger partial charge in [0.25, 0.3) is 0 Å². The largest absolute Gasteiger partial charge is 0.573 e. The van der Waals surface area contributed by atoms with Crippen molar-refractivity contribution in [2.24, 2.45) is 0 Å². The average molecular weight is 370 g/mol. The number of nitriles is 1. The zero-order chi connectivity index (χ0) is 18.7. The summed E-state index contributed by atoms with van der Waals surface area (Å²) in [5, 5.41) is 8.86. The van der Waals surface area contributed by atoms with Gasteiger partial charge >= 0.3 is 6.36 Å². The smallest absolute Gasteiger partial charge is 0.405 e. The minimum atomic E-state index is -4.88. The summed E-state index contributed by atoms with van der Waals surface area (Å²) < 4.78 is 67.3. The maximum absolute atomic E-state index is 12.6. The standard InChI is InChI=1S/C16H13F3N2O3S/c1-21(25(22,23)14-7-4-5-12(9-14)10-20)11-13-6-2-3-8-15(13)24-16(17,18)19/h2-9H,11H2,1H3. The Morgan fingerprint density at radius 1 is 1.16 bits per heavy atom. The molecule has 9 heteroatoms. The van der Waals surface area contributed by atoms with Crippen molar-refractivity contribution in [2.75, 3.05) is 7.05 Å². The van der Waals surface area contributed by atoms with Gasteiger partial charge in [-0.05, 0) is 24.3 Å². The van der Waals surface area contributed by atoms with Crippen LogP contribution in [0.1, 0.15) is 11.1 Å². The third-order valence-electron chi connectivity index (χ3n) is 3.26. The quantitative estimate of drug-likeness (QED) is 0.810. The van der Waals surface area contributed by atoms with Gasteiger partial charge in [-0.1, -0.05) is 24.3 Å². The van der Waals surface area contributed by atoms with E-state index in [1.54, 1.807) is 0 Å². The molecule has 0 amide bonds. The van der Waals surface area contributed by atoms with Gasteiger partial charge in [-0.25, -0.2) is 8.42 Å². The molecule has 0 spiro atoms. The molecule has 2 aromatic carbocycles. The zero-order valence-corrected chi connectivity index (χ0v) is 13.8. The summed E-state index contributed by atoms with van der Waals surface area (Å²) in [5.41, 5.74) is 0.220. The van der Waals surface area contributed by atoms with Gasteiger partial charge in [0.2, 0.25) is 10.0 Å². The van der Waals surface area contributed by atoms with Crippen molar-refractivity contribution >= 4 is 10.0 Å². The Morgan fingerprint density at radius 2 is 1.84 bits per heavy atom. The maximum atomic E-state index is 12.6. The monoisotopic (exact) mass is 370 g/mol. The van der Waals surface area contributed by atoms with Crippen molar-refractivity contribution in [3.8, 4) is 11.8 Å². The fourth-order valence-corrected chi connectivity index (χ4v) is 3.28. The summed E-state index contributed by atoms with van der Waals surface area (Å²) in [6.45, 7) is -0.328. The van der Waals surface area contributed by atoms with Crippen LogP contribution in [0.5, 0.6) is 5.75 Å². The minimum Gasteiger partial charge on any atom is -0.405 e. The number of sulfonamides is 1. The van der Waals surface area contributed by atoms with E-state index in [4.69, 9.17) is 5.26 Å². The van der Waals surface area contributed by atoms with Crippen molar-refractivity contribution in [1.29, 1.82) is 5.26 Å². The van der Waals surface area contributed by atoms with E-state index in [1.165, 1.54) is 49.5 Å². The molecule has 0 saturated carbocycles. The van der Waals surface area contributed by atoms with Gasteiger partial charge in [-0.15, -0.1) is 13.2 Å². The lowest BCUT2D eigenvalue weighted by molar-refractivity contribution is -0.274. The highest BCUT2D eigenvalue weighted by atomic mass is 32.2. The lowest BCUT2D eigenvalue weighted by atomic mass is 10.2. The molecule has 0 heterocycles. The van der Waals surface area contributed by atoms with E-state index in [-0.39, 0.29) is 22.6 Å².